The summed E-state index contributed by atoms with van der Waals surface area (Å²) in [6.45, 7) is 2.26. The van der Waals surface area contributed by atoms with Crippen LogP contribution < -0.4 is 4.74 Å². The Kier molecular flexibility index (Phi) is 19.3. The van der Waals surface area contributed by atoms with E-state index in [1.54, 1.807) is 0 Å². The van der Waals surface area contributed by atoms with Crippen LogP contribution in [0, 0.1) is 71.0 Å². The number of esters is 1. The van der Waals surface area contributed by atoms with Gasteiger partial charge in [-0.05, 0) is 106 Å². The third-order valence-corrected chi connectivity index (χ3v) is 9.22. The lowest BCUT2D eigenvalue weighted by Gasteiger charge is -2.36. The van der Waals surface area contributed by atoms with Crippen molar-refractivity contribution in [1.82, 2.24) is 0 Å². The third kappa shape index (κ3) is 14.6. The Balaban J connectivity index is 1.18. The second-order valence-corrected chi connectivity index (χ2v) is 13.2. The van der Waals surface area contributed by atoms with Gasteiger partial charge >= 0.3 is 5.97 Å². The molecule has 2 nitrogen and oxygen atoms in total. The van der Waals surface area contributed by atoms with Crippen LogP contribution in [-0.4, -0.2) is 5.97 Å². The molecule has 0 saturated heterocycles. The molecule has 0 N–H and O–H groups in total. The molecule has 0 atom stereocenters. The lowest BCUT2D eigenvalue weighted by Crippen LogP contribution is -2.30. The molecule has 4 aromatic carbocycles. The van der Waals surface area contributed by atoms with Crippen LogP contribution in [0.25, 0.3) is 0 Å². The minimum atomic E-state index is -0.553. The first-order valence-electron chi connectivity index (χ1n) is 19.7. The highest BCUT2D eigenvalue weighted by Gasteiger charge is 2.38. The van der Waals surface area contributed by atoms with Gasteiger partial charge in [0.15, 0.2) is 0 Å². The van der Waals surface area contributed by atoms with Gasteiger partial charge in [0, 0.05) is 19.3 Å². The van der Waals surface area contributed by atoms with E-state index in [0.717, 1.165) is 35.1 Å². The second-order valence-electron chi connectivity index (χ2n) is 13.2. The largest absolute Gasteiger partial charge is 0.427 e. The minimum absolute atomic E-state index is 0.256. The number of carbonyl (C=O) groups is 1. The Labute approximate surface area is 330 Å². The first-order valence-corrected chi connectivity index (χ1v) is 19.7. The standard InChI is InChI=1S/C53H50O2/c1-2-3-4-5-6-7-8-9-10-11-12-13-14-15-16-17-18-19-20-21-22-23-24-25-35-42-52(54)55-51-45-43-50(44-46-51)53(47-36-29-26-30-37-47,48-38-31-27-32-39-48)49-40-33-28-34-41-49/h26-34,36-41,43-46H,2-12,25,35,42H2,1H3. The molecular formula is C53H50O2. The molecular weight excluding hydrogens is 669 g/mol. The summed E-state index contributed by atoms with van der Waals surface area (Å²) in [6, 6.07) is 39.4. The summed E-state index contributed by atoms with van der Waals surface area (Å²) in [5, 5.41) is 0. The summed E-state index contributed by atoms with van der Waals surface area (Å²) in [7, 11) is 0. The van der Waals surface area contributed by atoms with Crippen LogP contribution in [-0.2, 0) is 10.2 Å². The summed E-state index contributed by atoms with van der Waals surface area (Å²) < 4.78 is 5.69. The highest BCUT2D eigenvalue weighted by Crippen LogP contribution is 2.45. The van der Waals surface area contributed by atoms with Gasteiger partial charge in [0.05, 0.1) is 5.41 Å². The van der Waals surface area contributed by atoms with Crippen LogP contribution in [0.5, 0.6) is 5.75 Å². The fourth-order valence-corrected chi connectivity index (χ4v) is 6.51. The first kappa shape index (κ1) is 41.5. The van der Waals surface area contributed by atoms with Gasteiger partial charge < -0.3 is 4.74 Å². The molecule has 274 valence electrons. The molecule has 0 aromatic heterocycles. The molecule has 4 aromatic rings. The lowest BCUT2D eigenvalue weighted by molar-refractivity contribution is -0.134. The van der Waals surface area contributed by atoms with E-state index in [2.05, 4.69) is 163 Å². The smallest absolute Gasteiger partial charge is 0.311 e. The molecule has 2 heteroatoms. The summed E-state index contributed by atoms with van der Waals surface area (Å²) in [6.07, 6.45) is 15.5. The molecule has 4 rings (SSSR count). The predicted octanol–water partition coefficient (Wildman–Crippen LogP) is 11.5. The van der Waals surface area contributed by atoms with E-state index in [0.29, 0.717) is 18.6 Å². The summed E-state index contributed by atoms with van der Waals surface area (Å²) >= 11 is 0. The molecule has 0 aliphatic heterocycles. The van der Waals surface area contributed by atoms with Gasteiger partial charge in [-0.2, -0.15) is 0 Å². The van der Waals surface area contributed by atoms with E-state index in [-0.39, 0.29) is 12.4 Å². The van der Waals surface area contributed by atoms with Crippen molar-refractivity contribution >= 4 is 5.97 Å². The summed E-state index contributed by atoms with van der Waals surface area (Å²) in [5.74, 6) is 33.3. The van der Waals surface area contributed by atoms with E-state index in [9.17, 15) is 4.79 Å². The molecule has 55 heavy (non-hydrogen) atoms. The monoisotopic (exact) mass is 718 g/mol. The Bertz CT molecular complexity index is 2030. The maximum atomic E-state index is 12.6. The predicted molar refractivity (Wildman–Crippen MR) is 227 cm³/mol. The van der Waals surface area contributed by atoms with Gasteiger partial charge in [-0.3, -0.25) is 4.79 Å². The van der Waals surface area contributed by atoms with Crippen molar-refractivity contribution in [2.45, 2.75) is 102 Å². The maximum Gasteiger partial charge on any atom is 0.311 e. The van der Waals surface area contributed by atoms with Crippen molar-refractivity contribution in [3.05, 3.63) is 138 Å². The Morgan fingerprint density at radius 3 is 1.24 bits per heavy atom. The number of unbranched alkanes of at least 4 members (excludes halogenated alkanes) is 11. The highest BCUT2D eigenvalue weighted by molar-refractivity contribution is 5.72. The molecule has 0 unspecified atom stereocenters. The van der Waals surface area contributed by atoms with Gasteiger partial charge in [-0.25, -0.2) is 0 Å². The van der Waals surface area contributed by atoms with Gasteiger partial charge in [0.25, 0.3) is 0 Å². The van der Waals surface area contributed by atoms with Crippen LogP contribution >= 0.6 is 0 Å². The zero-order valence-electron chi connectivity index (χ0n) is 32.2. The third-order valence-electron chi connectivity index (χ3n) is 9.22. The van der Waals surface area contributed by atoms with E-state index in [1.165, 1.54) is 57.8 Å². The second kappa shape index (κ2) is 25.6. The molecule has 0 amide bonds. The van der Waals surface area contributed by atoms with Gasteiger partial charge in [-0.15, -0.1) is 0 Å². The fraction of sp³-hybridized carbons (Fsp3) is 0.302. The topological polar surface area (TPSA) is 26.3 Å². The minimum Gasteiger partial charge on any atom is -0.427 e. The molecule has 0 aliphatic carbocycles. The van der Waals surface area contributed by atoms with Crippen LogP contribution in [0.15, 0.2) is 115 Å². The summed E-state index contributed by atoms with van der Waals surface area (Å²) in [5.41, 5.74) is 3.98. The van der Waals surface area contributed by atoms with Crippen LogP contribution in [0.1, 0.15) is 119 Å². The Morgan fingerprint density at radius 2 is 0.800 bits per heavy atom. The number of carbonyl (C=O) groups excluding carboxylic acids is 1. The van der Waals surface area contributed by atoms with Crippen LogP contribution in [0.2, 0.25) is 0 Å². The molecule has 0 radical (unpaired) electrons. The molecule has 0 bridgehead atoms. The van der Waals surface area contributed by atoms with Crippen molar-refractivity contribution in [1.29, 1.82) is 0 Å². The van der Waals surface area contributed by atoms with Gasteiger partial charge in [-0.1, -0.05) is 180 Å². The number of ether oxygens (including phenoxy) is 1. The van der Waals surface area contributed by atoms with Gasteiger partial charge in [0.1, 0.15) is 5.75 Å². The summed E-state index contributed by atoms with van der Waals surface area (Å²) in [4.78, 5) is 12.6. The number of rotatable bonds is 18. The number of hydrogen-bond donors (Lipinski definition) is 0. The average Bonchev–Trinajstić information content (AvgIpc) is 3.23. The average molecular weight is 719 g/mol. The molecule has 0 heterocycles. The van der Waals surface area contributed by atoms with Gasteiger partial charge in [0.2, 0.25) is 0 Å². The lowest BCUT2D eigenvalue weighted by atomic mass is 9.65. The SMILES string of the molecule is CCCCCCCCCCCCC#CC#CC#CC#CC#CC#CCCCC(=O)Oc1ccc(C(c2ccccc2)(c2ccccc2)c2ccccc2)cc1. The van der Waals surface area contributed by atoms with E-state index < -0.39 is 5.41 Å². The molecule has 0 spiro atoms. The normalized spacial score (nSPS) is 9.76. The van der Waals surface area contributed by atoms with E-state index >= 15 is 0 Å². The first-order chi connectivity index (χ1) is 27.2. The van der Waals surface area contributed by atoms with E-state index in [4.69, 9.17) is 4.74 Å². The quantitative estimate of drug-likeness (QED) is 0.0337. The number of hydrogen-bond acceptors (Lipinski definition) is 2. The zero-order valence-corrected chi connectivity index (χ0v) is 32.2. The fourth-order valence-electron chi connectivity index (χ4n) is 6.51. The van der Waals surface area contributed by atoms with Crippen molar-refractivity contribution < 1.29 is 9.53 Å². The maximum absolute atomic E-state index is 12.6. The van der Waals surface area contributed by atoms with Crippen molar-refractivity contribution in [2.75, 3.05) is 0 Å². The molecule has 0 fully saturated rings. The van der Waals surface area contributed by atoms with Crippen molar-refractivity contribution in [3.63, 3.8) is 0 Å². The number of benzene rings is 4. The zero-order chi connectivity index (χ0) is 38.5. The van der Waals surface area contributed by atoms with Crippen LogP contribution in [0.4, 0.5) is 0 Å². The molecule has 0 saturated carbocycles. The van der Waals surface area contributed by atoms with E-state index in [1.807, 2.05) is 30.3 Å². The Hall–Kier alpha value is -6.29. The van der Waals surface area contributed by atoms with Crippen LogP contribution in [0.3, 0.4) is 0 Å². The highest BCUT2D eigenvalue weighted by atomic mass is 16.5. The van der Waals surface area contributed by atoms with Crippen molar-refractivity contribution in [3.8, 4) is 76.8 Å². The van der Waals surface area contributed by atoms with Crippen molar-refractivity contribution in [2.24, 2.45) is 0 Å². The Morgan fingerprint density at radius 1 is 0.436 bits per heavy atom. The molecule has 0 aliphatic rings.